The van der Waals surface area contributed by atoms with E-state index in [2.05, 4.69) is 15.2 Å². The molecule has 0 aliphatic rings. The van der Waals surface area contributed by atoms with Crippen LogP contribution in [-0.4, -0.2) is 32.4 Å². The largest absolute Gasteiger partial charge is 0.508 e. The molecule has 0 radical (unpaired) electrons. The molecule has 1 aromatic carbocycles. The zero-order valence-corrected chi connectivity index (χ0v) is 10.3. The summed E-state index contributed by atoms with van der Waals surface area (Å²) in [7, 11) is 0. The van der Waals surface area contributed by atoms with Gasteiger partial charge in [-0.25, -0.2) is 0 Å². The minimum Gasteiger partial charge on any atom is -0.508 e. The maximum Gasteiger partial charge on any atom is 0.153 e. The second kappa shape index (κ2) is 5.70. The molecule has 0 saturated carbocycles. The number of rotatable bonds is 3. The quantitative estimate of drug-likeness (QED) is 0.376. The first-order valence-corrected chi connectivity index (χ1v) is 5.60. The Morgan fingerprint density at radius 2 is 1.70 bits per heavy atom. The Morgan fingerprint density at radius 3 is 2.30 bits per heavy atom. The van der Waals surface area contributed by atoms with Crippen molar-refractivity contribution in [3.05, 3.63) is 47.8 Å². The van der Waals surface area contributed by atoms with Crippen LogP contribution >= 0.6 is 0 Å². The topological polar surface area (TPSA) is 124 Å². The fourth-order valence-electron chi connectivity index (χ4n) is 1.47. The molecule has 2 aromatic rings. The molecule has 0 aliphatic carbocycles. The molecule has 1 aromatic heterocycles. The highest BCUT2D eigenvalue weighted by molar-refractivity contribution is 5.97. The normalized spacial score (nSPS) is 11.9. The van der Waals surface area contributed by atoms with Crippen molar-refractivity contribution in [2.75, 3.05) is 0 Å². The van der Waals surface area contributed by atoms with Gasteiger partial charge in [0.25, 0.3) is 0 Å². The van der Waals surface area contributed by atoms with Crippen LogP contribution < -0.4 is 5.73 Å². The van der Waals surface area contributed by atoms with E-state index in [0.29, 0.717) is 5.56 Å². The van der Waals surface area contributed by atoms with Crippen LogP contribution in [0.15, 0.2) is 46.9 Å². The van der Waals surface area contributed by atoms with Crippen LogP contribution in [0, 0.1) is 0 Å². The molecule has 20 heavy (non-hydrogen) atoms. The lowest BCUT2D eigenvalue weighted by Gasteiger charge is -2.02. The van der Waals surface area contributed by atoms with Gasteiger partial charge in [0.15, 0.2) is 5.84 Å². The summed E-state index contributed by atoms with van der Waals surface area (Å²) in [5, 5.41) is 35.7. The molecule has 0 bridgehead atoms. The van der Waals surface area contributed by atoms with Crippen molar-refractivity contribution in [1.82, 2.24) is 4.98 Å². The Kier molecular flexibility index (Phi) is 3.80. The first-order valence-electron chi connectivity index (χ1n) is 5.60. The predicted molar refractivity (Wildman–Crippen MR) is 74.0 cm³/mol. The summed E-state index contributed by atoms with van der Waals surface area (Å²) in [6, 6.07) is 5.50. The summed E-state index contributed by atoms with van der Waals surface area (Å²) in [6.07, 6.45) is 4.27. The molecule has 0 fully saturated rings. The van der Waals surface area contributed by atoms with Gasteiger partial charge in [0, 0.05) is 30.1 Å². The van der Waals surface area contributed by atoms with Crippen molar-refractivity contribution in [2.45, 2.75) is 0 Å². The van der Waals surface area contributed by atoms with E-state index >= 15 is 0 Å². The number of benzene rings is 1. The van der Waals surface area contributed by atoms with Crippen molar-refractivity contribution in [3.63, 3.8) is 0 Å². The van der Waals surface area contributed by atoms with E-state index in [1.165, 1.54) is 0 Å². The molecule has 0 saturated heterocycles. The van der Waals surface area contributed by atoms with Crippen LogP contribution in [0.1, 0.15) is 11.1 Å². The molecule has 102 valence electrons. The molecule has 0 amide bonds. The van der Waals surface area contributed by atoms with Crippen molar-refractivity contribution < 1.29 is 15.3 Å². The SMILES string of the molecule is N/C(=N\N=C\c1c(O)cc(O)cc1O)c1ccncc1. The molecular weight excluding hydrogens is 260 g/mol. The average Bonchev–Trinajstić information content (AvgIpc) is 2.42. The number of pyridine rings is 1. The third-order valence-corrected chi connectivity index (χ3v) is 2.45. The highest BCUT2D eigenvalue weighted by atomic mass is 16.3. The fraction of sp³-hybridized carbons (Fsp3) is 0. The molecular formula is C13H12N4O3. The number of hydrogen-bond acceptors (Lipinski definition) is 6. The molecule has 0 atom stereocenters. The Labute approximate surface area is 114 Å². The van der Waals surface area contributed by atoms with Crippen LogP contribution in [0.4, 0.5) is 0 Å². The Hall–Kier alpha value is -3.09. The maximum atomic E-state index is 9.56. The summed E-state index contributed by atoms with van der Waals surface area (Å²) in [4.78, 5) is 3.85. The number of aromatic hydroxyl groups is 3. The summed E-state index contributed by atoms with van der Waals surface area (Å²) in [5.74, 6) is -0.716. The average molecular weight is 272 g/mol. The Bertz CT molecular complexity index is 646. The Morgan fingerprint density at radius 1 is 1.10 bits per heavy atom. The van der Waals surface area contributed by atoms with E-state index in [1.807, 2.05) is 0 Å². The van der Waals surface area contributed by atoms with Gasteiger partial charge in [-0.3, -0.25) is 4.98 Å². The number of phenolic OH excluding ortho intramolecular Hbond substituents is 3. The number of hydrogen-bond donors (Lipinski definition) is 4. The van der Waals surface area contributed by atoms with Crippen molar-refractivity contribution in [3.8, 4) is 17.2 Å². The lowest BCUT2D eigenvalue weighted by Crippen LogP contribution is -2.12. The standard InChI is InChI=1S/C13H12N4O3/c14-13(8-1-3-15-4-2-8)17-16-7-10-11(19)5-9(18)6-12(10)20/h1-7,18-20H,(H2,14,17)/b16-7+. The summed E-state index contributed by atoms with van der Waals surface area (Å²) in [5.41, 5.74) is 6.39. The molecule has 0 spiro atoms. The van der Waals surface area contributed by atoms with Crippen molar-refractivity contribution >= 4 is 12.1 Å². The highest BCUT2D eigenvalue weighted by Gasteiger charge is 2.07. The van der Waals surface area contributed by atoms with Crippen molar-refractivity contribution in [1.29, 1.82) is 0 Å². The van der Waals surface area contributed by atoms with Crippen LogP contribution in [-0.2, 0) is 0 Å². The number of phenols is 3. The zero-order chi connectivity index (χ0) is 14.5. The second-order valence-electron chi connectivity index (χ2n) is 3.86. The Balaban J connectivity index is 2.23. The summed E-state index contributed by atoms with van der Waals surface area (Å²) < 4.78 is 0. The van der Waals surface area contributed by atoms with Gasteiger partial charge in [-0.1, -0.05) is 0 Å². The third kappa shape index (κ3) is 3.02. The van der Waals surface area contributed by atoms with Crippen LogP contribution in [0.25, 0.3) is 0 Å². The van der Waals surface area contributed by atoms with Gasteiger partial charge in [-0.2, -0.15) is 5.10 Å². The molecule has 1 heterocycles. The lowest BCUT2D eigenvalue weighted by molar-refractivity contribution is 0.427. The van der Waals surface area contributed by atoms with Gasteiger partial charge in [-0.15, -0.1) is 5.10 Å². The summed E-state index contributed by atoms with van der Waals surface area (Å²) >= 11 is 0. The maximum absolute atomic E-state index is 9.56. The van der Waals surface area contributed by atoms with E-state index in [4.69, 9.17) is 10.8 Å². The van der Waals surface area contributed by atoms with E-state index < -0.39 is 0 Å². The first kappa shape index (κ1) is 13.3. The van der Waals surface area contributed by atoms with E-state index in [-0.39, 0.29) is 28.6 Å². The van der Waals surface area contributed by atoms with Crippen LogP contribution in [0.3, 0.4) is 0 Å². The molecule has 7 nitrogen and oxygen atoms in total. The predicted octanol–water partition coefficient (Wildman–Crippen LogP) is 0.938. The highest BCUT2D eigenvalue weighted by Crippen LogP contribution is 2.30. The number of amidine groups is 1. The molecule has 0 unspecified atom stereocenters. The third-order valence-electron chi connectivity index (χ3n) is 2.45. The van der Waals surface area contributed by atoms with Gasteiger partial charge in [-0.05, 0) is 12.1 Å². The van der Waals surface area contributed by atoms with Gasteiger partial charge >= 0.3 is 0 Å². The second-order valence-corrected chi connectivity index (χ2v) is 3.86. The minimum absolute atomic E-state index is 0.0362. The lowest BCUT2D eigenvalue weighted by atomic mass is 10.2. The molecule has 5 N–H and O–H groups in total. The summed E-state index contributed by atoms with van der Waals surface area (Å²) in [6.45, 7) is 0. The zero-order valence-electron chi connectivity index (χ0n) is 10.3. The smallest absolute Gasteiger partial charge is 0.153 e. The monoisotopic (exact) mass is 272 g/mol. The van der Waals surface area contributed by atoms with Gasteiger partial charge < -0.3 is 21.1 Å². The van der Waals surface area contributed by atoms with E-state index in [0.717, 1.165) is 18.3 Å². The minimum atomic E-state index is -0.316. The van der Waals surface area contributed by atoms with Crippen molar-refractivity contribution in [2.24, 2.45) is 15.9 Å². The molecule has 2 rings (SSSR count). The van der Waals surface area contributed by atoms with Crippen LogP contribution in [0.2, 0.25) is 0 Å². The number of nitrogens with two attached hydrogens (primary N) is 1. The number of nitrogens with zero attached hydrogens (tertiary/aromatic N) is 3. The molecule has 7 heteroatoms. The van der Waals surface area contributed by atoms with Gasteiger partial charge in [0.2, 0.25) is 0 Å². The van der Waals surface area contributed by atoms with Gasteiger partial charge in [0.05, 0.1) is 11.8 Å². The van der Waals surface area contributed by atoms with Gasteiger partial charge in [0.1, 0.15) is 17.2 Å². The van der Waals surface area contributed by atoms with Crippen LogP contribution in [0.5, 0.6) is 17.2 Å². The van der Waals surface area contributed by atoms with E-state index in [1.54, 1.807) is 24.5 Å². The number of aromatic nitrogens is 1. The van der Waals surface area contributed by atoms with E-state index in [9.17, 15) is 10.2 Å². The first-order chi connectivity index (χ1) is 9.58. The molecule has 0 aliphatic heterocycles. The fourth-order valence-corrected chi connectivity index (χ4v) is 1.47.